The zero-order valence-electron chi connectivity index (χ0n) is 14.1. The highest BCUT2D eigenvalue weighted by atomic mass is 16.6. The fourth-order valence-electron chi connectivity index (χ4n) is 3.27. The van der Waals surface area contributed by atoms with Crippen LogP contribution < -0.4 is 4.90 Å². The number of anilines is 1. The molecular formula is C17H21N3O4. The molecule has 2 atom stereocenters. The number of ether oxygens (including phenoxy) is 2. The van der Waals surface area contributed by atoms with Gasteiger partial charge in [-0.3, -0.25) is 10.1 Å². The maximum atomic E-state index is 11.3. The molecule has 0 aliphatic carbocycles. The van der Waals surface area contributed by atoms with Crippen LogP contribution in [-0.2, 0) is 9.47 Å². The minimum Gasteiger partial charge on any atom is -0.382 e. The summed E-state index contributed by atoms with van der Waals surface area (Å²) in [5.74, 6) is 0. The van der Waals surface area contributed by atoms with Crippen molar-refractivity contribution in [3.63, 3.8) is 0 Å². The van der Waals surface area contributed by atoms with Gasteiger partial charge < -0.3 is 14.4 Å². The molecule has 1 saturated heterocycles. The predicted molar refractivity (Wildman–Crippen MR) is 91.6 cm³/mol. The lowest BCUT2D eigenvalue weighted by atomic mass is 10.1. The van der Waals surface area contributed by atoms with Crippen molar-refractivity contribution in [2.45, 2.75) is 26.1 Å². The van der Waals surface area contributed by atoms with Crippen molar-refractivity contribution in [1.82, 2.24) is 4.98 Å². The highest BCUT2D eigenvalue weighted by molar-refractivity contribution is 5.97. The van der Waals surface area contributed by atoms with Gasteiger partial charge in [0, 0.05) is 43.0 Å². The summed E-state index contributed by atoms with van der Waals surface area (Å²) >= 11 is 0. The summed E-state index contributed by atoms with van der Waals surface area (Å²) in [5.41, 5.74) is 2.18. The van der Waals surface area contributed by atoms with Gasteiger partial charge in [0.05, 0.1) is 23.7 Å². The van der Waals surface area contributed by atoms with Crippen LogP contribution in [0.15, 0.2) is 24.3 Å². The van der Waals surface area contributed by atoms with Crippen molar-refractivity contribution >= 4 is 22.3 Å². The summed E-state index contributed by atoms with van der Waals surface area (Å²) < 4.78 is 11.1. The Morgan fingerprint density at radius 2 is 2.25 bits per heavy atom. The molecule has 1 fully saturated rings. The van der Waals surface area contributed by atoms with E-state index < -0.39 is 0 Å². The van der Waals surface area contributed by atoms with Gasteiger partial charge in [0.15, 0.2) is 5.52 Å². The van der Waals surface area contributed by atoms with Gasteiger partial charge in [0.2, 0.25) is 0 Å². The number of non-ortho nitro benzene ring substituents is 1. The largest absolute Gasteiger partial charge is 0.382 e. The van der Waals surface area contributed by atoms with Crippen molar-refractivity contribution in [3.05, 3.63) is 40.1 Å². The first-order valence-corrected chi connectivity index (χ1v) is 7.93. The second-order valence-electron chi connectivity index (χ2n) is 6.14. The number of benzene rings is 1. The van der Waals surface area contributed by atoms with Crippen molar-refractivity contribution in [1.29, 1.82) is 0 Å². The van der Waals surface area contributed by atoms with Crippen LogP contribution in [0.2, 0.25) is 0 Å². The summed E-state index contributed by atoms with van der Waals surface area (Å²) in [7, 11) is 1.66. The van der Waals surface area contributed by atoms with Gasteiger partial charge >= 0.3 is 0 Å². The highest BCUT2D eigenvalue weighted by Gasteiger charge is 2.27. The van der Waals surface area contributed by atoms with E-state index in [4.69, 9.17) is 9.47 Å². The highest BCUT2D eigenvalue weighted by Crippen LogP contribution is 2.33. The molecule has 3 rings (SSSR count). The third-order valence-corrected chi connectivity index (χ3v) is 4.14. The third kappa shape index (κ3) is 3.18. The molecule has 7 heteroatoms. The molecule has 0 spiro atoms. The first-order chi connectivity index (χ1) is 11.5. The molecule has 1 aliphatic rings. The van der Waals surface area contributed by atoms with Gasteiger partial charge in [-0.1, -0.05) is 12.1 Å². The molecule has 0 saturated carbocycles. The molecular weight excluding hydrogens is 310 g/mol. The third-order valence-electron chi connectivity index (χ3n) is 4.14. The first kappa shape index (κ1) is 16.6. The number of methoxy groups -OCH3 is 1. The van der Waals surface area contributed by atoms with Crippen LogP contribution in [0.25, 0.3) is 10.9 Å². The lowest BCUT2D eigenvalue weighted by Crippen LogP contribution is -2.48. The van der Waals surface area contributed by atoms with Crippen molar-refractivity contribution in [2.24, 2.45) is 0 Å². The molecule has 1 aromatic heterocycles. The van der Waals surface area contributed by atoms with Gasteiger partial charge in [-0.2, -0.15) is 0 Å². The topological polar surface area (TPSA) is 77.7 Å². The summed E-state index contributed by atoms with van der Waals surface area (Å²) in [4.78, 5) is 17.5. The number of pyridine rings is 1. The van der Waals surface area contributed by atoms with Crippen LogP contribution in [0.5, 0.6) is 0 Å². The molecule has 1 aromatic carbocycles. The normalized spacial score (nSPS) is 21.2. The van der Waals surface area contributed by atoms with Crippen molar-refractivity contribution < 1.29 is 14.4 Å². The van der Waals surface area contributed by atoms with Crippen LogP contribution in [0.3, 0.4) is 0 Å². The average Bonchev–Trinajstić information content (AvgIpc) is 2.53. The molecule has 2 heterocycles. The Hall–Kier alpha value is -2.25. The van der Waals surface area contributed by atoms with Crippen LogP contribution in [0, 0.1) is 17.0 Å². The van der Waals surface area contributed by atoms with Gasteiger partial charge in [0.25, 0.3) is 5.69 Å². The van der Waals surface area contributed by atoms with E-state index in [1.54, 1.807) is 13.2 Å². The van der Waals surface area contributed by atoms with E-state index in [1.165, 1.54) is 6.07 Å². The minimum atomic E-state index is -0.381. The molecule has 24 heavy (non-hydrogen) atoms. The lowest BCUT2D eigenvalue weighted by molar-refractivity contribution is -0.383. The fraction of sp³-hybridized carbons (Fsp3) is 0.471. The molecule has 7 nitrogen and oxygen atoms in total. The Morgan fingerprint density at radius 1 is 1.46 bits per heavy atom. The Labute approximate surface area is 140 Å². The number of nitro benzene ring substituents is 1. The molecule has 0 N–H and O–H groups in total. The summed E-state index contributed by atoms with van der Waals surface area (Å²) in [6.07, 6.45) is 0.0297. The standard InChI is InChI=1S/C17H21N3O4/c1-11-7-16(19-8-12(2)24-13(9-19)10-23-3)14-5-4-6-15(20(21)22)17(14)18-11/h4-7,12-13H,8-10H2,1-3H3. The molecule has 0 bridgehead atoms. The number of morpholine rings is 1. The van der Waals surface area contributed by atoms with E-state index in [2.05, 4.69) is 9.88 Å². The molecule has 2 unspecified atom stereocenters. The molecule has 0 radical (unpaired) electrons. The van der Waals surface area contributed by atoms with E-state index in [9.17, 15) is 10.1 Å². The zero-order valence-corrected chi connectivity index (χ0v) is 14.1. The molecule has 0 amide bonds. The van der Waals surface area contributed by atoms with Gasteiger partial charge in [-0.15, -0.1) is 0 Å². The lowest BCUT2D eigenvalue weighted by Gasteiger charge is -2.38. The number of aryl methyl sites for hydroxylation is 1. The number of rotatable bonds is 4. The van der Waals surface area contributed by atoms with Gasteiger partial charge in [-0.25, -0.2) is 4.98 Å². The van der Waals surface area contributed by atoms with Crippen molar-refractivity contribution in [2.75, 3.05) is 31.7 Å². The Bertz CT molecular complexity index is 765. The fourth-order valence-corrected chi connectivity index (χ4v) is 3.27. The SMILES string of the molecule is COCC1CN(c2cc(C)nc3c([N+](=O)[O-])cccc23)CC(C)O1. The second-order valence-corrected chi connectivity index (χ2v) is 6.14. The maximum absolute atomic E-state index is 11.3. The molecule has 128 valence electrons. The maximum Gasteiger partial charge on any atom is 0.295 e. The Morgan fingerprint density at radius 3 is 2.96 bits per heavy atom. The number of hydrogen-bond donors (Lipinski definition) is 0. The zero-order chi connectivity index (χ0) is 17.3. The van der Waals surface area contributed by atoms with Gasteiger partial charge in [0.1, 0.15) is 0 Å². The summed E-state index contributed by atoms with van der Waals surface area (Å²) in [5, 5.41) is 12.1. The number of aromatic nitrogens is 1. The first-order valence-electron chi connectivity index (χ1n) is 7.93. The molecule has 1 aliphatic heterocycles. The Balaban J connectivity index is 2.08. The van der Waals surface area contributed by atoms with E-state index in [0.29, 0.717) is 18.7 Å². The number of hydrogen-bond acceptors (Lipinski definition) is 6. The van der Waals surface area contributed by atoms with Crippen LogP contribution in [-0.4, -0.2) is 48.9 Å². The Kier molecular flexibility index (Phi) is 4.64. The smallest absolute Gasteiger partial charge is 0.295 e. The molecule has 2 aromatic rings. The number of para-hydroxylation sites is 1. The summed E-state index contributed by atoms with van der Waals surface area (Å²) in [6, 6.07) is 7.06. The number of nitro groups is 1. The van der Waals surface area contributed by atoms with Crippen molar-refractivity contribution in [3.8, 4) is 0 Å². The van der Waals surface area contributed by atoms with E-state index in [1.807, 2.05) is 26.0 Å². The quantitative estimate of drug-likeness (QED) is 0.633. The van der Waals surface area contributed by atoms with E-state index in [0.717, 1.165) is 23.3 Å². The number of nitrogens with zero attached hydrogens (tertiary/aromatic N) is 3. The number of fused-ring (bicyclic) bond motifs is 1. The van der Waals surface area contributed by atoms with Crippen LogP contribution >= 0.6 is 0 Å². The summed E-state index contributed by atoms with van der Waals surface area (Å²) in [6.45, 7) is 5.80. The van der Waals surface area contributed by atoms with E-state index >= 15 is 0 Å². The minimum absolute atomic E-state index is 0.0269. The second kappa shape index (κ2) is 6.70. The predicted octanol–water partition coefficient (Wildman–Crippen LogP) is 2.69. The monoisotopic (exact) mass is 331 g/mol. The van der Waals surface area contributed by atoms with Gasteiger partial charge in [-0.05, 0) is 19.9 Å². The van der Waals surface area contributed by atoms with Crippen LogP contribution in [0.4, 0.5) is 11.4 Å². The van der Waals surface area contributed by atoms with Crippen LogP contribution in [0.1, 0.15) is 12.6 Å². The average molecular weight is 331 g/mol. The van der Waals surface area contributed by atoms with E-state index in [-0.39, 0.29) is 22.8 Å².